The minimum Gasteiger partial charge on any atom is -0.383 e. The van der Waals surface area contributed by atoms with E-state index in [1.165, 1.54) is 12.1 Å². The first-order valence-corrected chi connectivity index (χ1v) is 4.63. The van der Waals surface area contributed by atoms with Gasteiger partial charge in [-0.15, -0.1) is 0 Å². The lowest BCUT2D eigenvalue weighted by Crippen LogP contribution is -2.20. The first-order valence-electron chi connectivity index (χ1n) is 4.63. The van der Waals surface area contributed by atoms with E-state index in [-0.39, 0.29) is 11.7 Å². The third-order valence-corrected chi connectivity index (χ3v) is 1.89. The highest BCUT2D eigenvalue weighted by Gasteiger charge is 2.07. The largest absolute Gasteiger partial charge is 0.383 e. The molecule has 0 amide bonds. The quantitative estimate of drug-likeness (QED) is 0.596. The van der Waals surface area contributed by atoms with Gasteiger partial charge in [-0.2, -0.15) is 0 Å². The molecule has 0 spiro atoms. The van der Waals surface area contributed by atoms with Crippen molar-refractivity contribution in [3.05, 3.63) is 34.4 Å². The number of methoxy groups -OCH3 is 1. The summed E-state index contributed by atoms with van der Waals surface area (Å²) >= 11 is 0. The van der Waals surface area contributed by atoms with E-state index in [4.69, 9.17) is 4.74 Å². The van der Waals surface area contributed by atoms with Gasteiger partial charge in [-0.05, 0) is 13.0 Å². The summed E-state index contributed by atoms with van der Waals surface area (Å²) in [4.78, 5) is 10.1. The molecule has 5 heteroatoms. The fourth-order valence-electron chi connectivity index (χ4n) is 1.29. The van der Waals surface area contributed by atoms with Crippen LogP contribution in [0.1, 0.15) is 6.92 Å². The summed E-state index contributed by atoms with van der Waals surface area (Å²) in [6.45, 7) is 2.50. The molecule has 0 heterocycles. The molecule has 1 atom stereocenters. The second-order valence-corrected chi connectivity index (χ2v) is 3.31. The molecule has 0 bridgehead atoms. The monoisotopic (exact) mass is 210 g/mol. The van der Waals surface area contributed by atoms with Crippen LogP contribution in [-0.2, 0) is 4.74 Å². The Morgan fingerprint density at radius 2 is 2.33 bits per heavy atom. The van der Waals surface area contributed by atoms with E-state index in [1.807, 2.05) is 6.92 Å². The molecule has 5 nitrogen and oxygen atoms in total. The van der Waals surface area contributed by atoms with Crippen LogP contribution in [0.4, 0.5) is 11.4 Å². The Hall–Kier alpha value is -1.62. The van der Waals surface area contributed by atoms with E-state index in [9.17, 15) is 10.1 Å². The van der Waals surface area contributed by atoms with Crippen molar-refractivity contribution in [2.24, 2.45) is 0 Å². The van der Waals surface area contributed by atoms with Gasteiger partial charge in [0.05, 0.1) is 11.5 Å². The first-order chi connectivity index (χ1) is 7.13. The van der Waals surface area contributed by atoms with Crippen LogP contribution >= 0.6 is 0 Å². The number of hydrogen-bond acceptors (Lipinski definition) is 4. The normalized spacial score (nSPS) is 12.1. The van der Waals surface area contributed by atoms with E-state index >= 15 is 0 Å². The zero-order valence-corrected chi connectivity index (χ0v) is 8.77. The van der Waals surface area contributed by atoms with Crippen LogP contribution in [0.5, 0.6) is 0 Å². The summed E-state index contributed by atoms with van der Waals surface area (Å²) in [7, 11) is 1.62. The lowest BCUT2D eigenvalue weighted by atomic mass is 10.2. The Kier molecular flexibility index (Phi) is 4.05. The van der Waals surface area contributed by atoms with Crippen LogP contribution in [-0.4, -0.2) is 24.7 Å². The molecular formula is C10H14N2O3. The molecule has 0 aliphatic heterocycles. The predicted molar refractivity (Wildman–Crippen MR) is 58.1 cm³/mol. The van der Waals surface area contributed by atoms with Gasteiger partial charge in [-0.1, -0.05) is 6.07 Å². The van der Waals surface area contributed by atoms with Crippen molar-refractivity contribution in [2.75, 3.05) is 19.0 Å². The van der Waals surface area contributed by atoms with Crippen molar-refractivity contribution in [3.8, 4) is 0 Å². The number of rotatable bonds is 5. The molecule has 0 aromatic heterocycles. The molecule has 1 unspecified atom stereocenters. The first kappa shape index (κ1) is 11.5. The van der Waals surface area contributed by atoms with Crippen molar-refractivity contribution in [2.45, 2.75) is 13.0 Å². The topological polar surface area (TPSA) is 64.4 Å². The Morgan fingerprint density at radius 3 is 2.93 bits per heavy atom. The SMILES string of the molecule is COCC(C)Nc1cccc([N+](=O)[O-])c1. The lowest BCUT2D eigenvalue weighted by Gasteiger charge is -2.13. The van der Waals surface area contributed by atoms with Gasteiger partial charge in [0.2, 0.25) is 0 Å². The molecule has 0 saturated heterocycles. The van der Waals surface area contributed by atoms with E-state index in [0.717, 1.165) is 5.69 Å². The number of nitro benzene ring substituents is 1. The van der Waals surface area contributed by atoms with E-state index in [0.29, 0.717) is 6.61 Å². The number of hydrogen-bond donors (Lipinski definition) is 1. The fraction of sp³-hybridized carbons (Fsp3) is 0.400. The minimum absolute atomic E-state index is 0.0876. The van der Waals surface area contributed by atoms with Crippen molar-refractivity contribution >= 4 is 11.4 Å². The molecule has 82 valence electrons. The molecule has 1 rings (SSSR count). The van der Waals surface area contributed by atoms with E-state index in [2.05, 4.69) is 5.32 Å². The standard InChI is InChI=1S/C10H14N2O3/c1-8(7-15-2)11-9-4-3-5-10(6-9)12(13)14/h3-6,8,11H,7H2,1-2H3. The van der Waals surface area contributed by atoms with Gasteiger partial charge in [0, 0.05) is 31.0 Å². The average Bonchev–Trinajstić information content (AvgIpc) is 2.18. The van der Waals surface area contributed by atoms with Gasteiger partial charge >= 0.3 is 0 Å². The van der Waals surface area contributed by atoms with Gasteiger partial charge < -0.3 is 10.1 Å². The lowest BCUT2D eigenvalue weighted by molar-refractivity contribution is -0.384. The minimum atomic E-state index is -0.411. The summed E-state index contributed by atoms with van der Waals surface area (Å²) in [6.07, 6.45) is 0. The van der Waals surface area contributed by atoms with Crippen LogP contribution in [0.25, 0.3) is 0 Å². The number of benzene rings is 1. The van der Waals surface area contributed by atoms with Crippen LogP contribution in [0.3, 0.4) is 0 Å². The average molecular weight is 210 g/mol. The fourth-order valence-corrected chi connectivity index (χ4v) is 1.29. The van der Waals surface area contributed by atoms with Gasteiger partial charge in [-0.25, -0.2) is 0 Å². The highest BCUT2D eigenvalue weighted by atomic mass is 16.6. The number of nitrogens with zero attached hydrogens (tertiary/aromatic N) is 1. The van der Waals surface area contributed by atoms with Crippen molar-refractivity contribution in [3.63, 3.8) is 0 Å². The number of nitrogens with one attached hydrogen (secondary N) is 1. The number of nitro groups is 1. The molecule has 0 fully saturated rings. The molecule has 1 N–H and O–H groups in total. The Morgan fingerprint density at radius 1 is 1.60 bits per heavy atom. The molecule has 1 aromatic carbocycles. The van der Waals surface area contributed by atoms with E-state index in [1.54, 1.807) is 19.2 Å². The van der Waals surface area contributed by atoms with E-state index < -0.39 is 4.92 Å². The Labute approximate surface area is 88.2 Å². The third-order valence-electron chi connectivity index (χ3n) is 1.89. The summed E-state index contributed by atoms with van der Waals surface area (Å²) in [5.74, 6) is 0. The summed E-state index contributed by atoms with van der Waals surface area (Å²) in [5, 5.41) is 13.6. The van der Waals surface area contributed by atoms with Crippen LogP contribution in [0, 0.1) is 10.1 Å². The molecule has 0 aliphatic carbocycles. The maximum absolute atomic E-state index is 10.5. The van der Waals surface area contributed by atoms with Gasteiger partial charge in [0.1, 0.15) is 0 Å². The van der Waals surface area contributed by atoms with Crippen molar-refractivity contribution < 1.29 is 9.66 Å². The number of anilines is 1. The molecule has 15 heavy (non-hydrogen) atoms. The molecule has 0 saturated carbocycles. The van der Waals surface area contributed by atoms with Crippen LogP contribution in [0.2, 0.25) is 0 Å². The van der Waals surface area contributed by atoms with Gasteiger partial charge in [0.15, 0.2) is 0 Å². The predicted octanol–water partition coefficient (Wildman–Crippen LogP) is 2.04. The maximum atomic E-state index is 10.5. The van der Waals surface area contributed by atoms with Crippen molar-refractivity contribution in [1.29, 1.82) is 0 Å². The molecule has 1 aromatic rings. The summed E-state index contributed by atoms with van der Waals surface area (Å²) in [5.41, 5.74) is 0.818. The van der Waals surface area contributed by atoms with Gasteiger partial charge in [0.25, 0.3) is 5.69 Å². The molecule has 0 aliphatic rings. The number of non-ortho nitro benzene ring substituents is 1. The Bertz CT molecular complexity index is 341. The number of ether oxygens (including phenoxy) is 1. The smallest absolute Gasteiger partial charge is 0.271 e. The zero-order chi connectivity index (χ0) is 11.3. The van der Waals surface area contributed by atoms with Gasteiger partial charge in [-0.3, -0.25) is 10.1 Å². The zero-order valence-electron chi connectivity index (χ0n) is 8.77. The molecular weight excluding hydrogens is 196 g/mol. The molecule has 0 radical (unpaired) electrons. The Balaban J connectivity index is 2.69. The maximum Gasteiger partial charge on any atom is 0.271 e. The second kappa shape index (κ2) is 5.31. The van der Waals surface area contributed by atoms with Crippen LogP contribution < -0.4 is 5.32 Å². The summed E-state index contributed by atoms with van der Waals surface area (Å²) in [6, 6.07) is 6.54. The highest BCUT2D eigenvalue weighted by Crippen LogP contribution is 2.17. The highest BCUT2D eigenvalue weighted by molar-refractivity contribution is 5.51. The summed E-state index contributed by atoms with van der Waals surface area (Å²) < 4.78 is 4.96. The van der Waals surface area contributed by atoms with Crippen LogP contribution in [0.15, 0.2) is 24.3 Å². The second-order valence-electron chi connectivity index (χ2n) is 3.31. The third kappa shape index (κ3) is 3.55. The van der Waals surface area contributed by atoms with Crippen molar-refractivity contribution in [1.82, 2.24) is 0 Å².